The average Bonchev–Trinajstić information content (AvgIpc) is 2.84. The van der Waals surface area contributed by atoms with Crippen molar-refractivity contribution >= 4 is 0 Å². The first kappa shape index (κ1) is 16.6. The smallest absolute Gasteiger partial charge is 0.170 e. The SMILES string of the molecule is CCN(Cc1nnnn1-c1c(C)cccc1C)CC(C)(C)O. The van der Waals surface area contributed by atoms with Gasteiger partial charge in [0, 0.05) is 6.54 Å². The van der Waals surface area contributed by atoms with E-state index in [0.717, 1.165) is 29.2 Å². The summed E-state index contributed by atoms with van der Waals surface area (Å²) in [4.78, 5) is 2.13. The normalized spacial score (nSPS) is 12.1. The van der Waals surface area contributed by atoms with Gasteiger partial charge in [-0.05, 0) is 55.8 Å². The Labute approximate surface area is 131 Å². The van der Waals surface area contributed by atoms with Gasteiger partial charge in [-0.1, -0.05) is 25.1 Å². The van der Waals surface area contributed by atoms with Crippen LogP contribution in [0.25, 0.3) is 5.69 Å². The van der Waals surface area contributed by atoms with Gasteiger partial charge >= 0.3 is 0 Å². The van der Waals surface area contributed by atoms with Crippen LogP contribution in [-0.4, -0.2) is 48.9 Å². The Morgan fingerprint density at radius 3 is 2.41 bits per heavy atom. The molecule has 2 rings (SSSR count). The Kier molecular flexibility index (Phi) is 4.93. The van der Waals surface area contributed by atoms with Gasteiger partial charge in [0.05, 0.1) is 17.8 Å². The van der Waals surface area contributed by atoms with E-state index in [1.54, 1.807) is 4.68 Å². The largest absolute Gasteiger partial charge is 0.389 e. The van der Waals surface area contributed by atoms with E-state index in [9.17, 15) is 5.11 Å². The average molecular weight is 303 g/mol. The summed E-state index contributed by atoms with van der Waals surface area (Å²) in [5, 5.41) is 22.2. The Balaban J connectivity index is 2.30. The van der Waals surface area contributed by atoms with E-state index in [2.05, 4.69) is 53.3 Å². The van der Waals surface area contributed by atoms with Gasteiger partial charge in [-0.15, -0.1) is 5.10 Å². The van der Waals surface area contributed by atoms with Crippen LogP contribution in [0.3, 0.4) is 0 Å². The van der Waals surface area contributed by atoms with Crippen molar-refractivity contribution in [1.29, 1.82) is 0 Å². The molecular weight excluding hydrogens is 278 g/mol. The zero-order chi connectivity index (χ0) is 16.3. The van der Waals surface area contributed by atoms with E-state index < -0.39 is 5.60 Å². The number of para-hydroxylation sites is 1. The van der Waals surface area contributed by atoms with Crippen LogP contribution in [0.5, 0.6) is 0 Å². The third-order valence-corrected chi connectivity index (χ3v) is 3.61. The molecule has 1 N–H and O–H groups in total. The predicted octanol–water partition coefficient (Wildman–Crippen LogP) is 1.87. The molecule has 1 aromatic heterocycles. The molecule has 6 heteroatoms. The van der Waals surface area contributed by atoms with Gasteiger partial charge in [-0.25, -0.2) is 0 Å². The third kappa shape index (κ3) is 3.90. The molecule has 0 saturated carbocycles. The van der Waals surface area contributed by atoms with Crippen LogP contribution in [0, 0.1) is 13.8 Å². The highest BCUT2D eigenvalue weighted by Gasteiger charge is 2.20. The minimum absolute atomic E-state index is 0.573. The molecule has 120 valence electrons. The summed E-state index contributed by atoms with van der Waals surface area (Å²) in [5.41, 5.74) is 2.56. The zero-order valence-electron chi connectivity index (χ0n) is 14.0. The second kappa shape index (κ2) is 6.54. The lowest BCUT2D eigenvalue weighted by atomic mass is 10.1. The molecule has 0 amide bonds. The second-order valence-electron chi connectivity index (χ2n) is 6.36. The van der Waals surface area contributed by atoms with Crippen molar-refractivity contribution in [3.8, 4) is 5.69 Å². The molecule has 0 aliphatic carbocycles. The van der Waals surface area contributed by atoms with Gasteiger partial charge < -0.3 is 5.11 Å². The first-order valence-electron chi connectivity index (χ1n) is 7.60. The number of hydrogen-bond acceptors (Lipinski definition) is 5. The zero-order valence-corrected chi connectivity index (χ0v) is 14.0. The van der Waals surface area contributed by atoms with Gasteiger partial charge in [0.1, 0.15) is 0 Å². The van der Waals surface area contributed by atoms with E-state index in [-0.39, 0.29) is 0 Å². The van der Waals surface area contributed by atoms with Crippen LogP contribution in [-0.2, 0) is 6.54 Å². The highest BCUT2D eigenvalue weighted by atomic mass is 16.3. The summed E-state index contributed by atoms with van der Waals surface area (Å²) in [7, 11) is 0. The monoisotopic (exact) mass is 303 g/mol. The van der Waals surface area contributed by atoms with E-state index in [1.807, 2.05) is 19.9 Å². The Hall–Kier alpha value is -1.79. The van der Waals surface area contributed by atoms with Crippen molar-refractivity contribution in [3.05, 3.63) is 35.2 Å². The summed E-state index contributed by atoms with van der Waals surface area (Å²) >= 11 is 0. The van der Waals surface area contributed by atoms with Crippen LogP contribution in [0.4, 0.5) is 0 Å². The maximum Gasteiger partial charge on any atom is 0.170 e. The summed E-state index contributed by atoms with van der Waals surface area (Å²) < 4.78 is 1.80. The van der Waals surface area contributed by atoms with E-state index >= 15 is 0 Å². The molecule has 1 aromatic carbocycles. The number of rotatable bonds is 6. The highest BCUT2D eigenvalue weighted by Crippen LogP contribution is 2.19. The van der Waals surface area contributed by atoms with Gasteiger partial charge in [-0.2, -0.15) is 4.68 Å². The van der Waals surface area contributed by atoms with E-state index in [0.29, 0.717) is 13.1 Å². The van der Waals surface area contributed by atoms with E-state index in [4.69, 9.17) is 0 Å². The Morgan fingerprint density at radius 1 is 1.23 bits per heavy atom. The van der Waals surface area contributed by atoms with Crippen LogP contribution >= 0.6 is 0 Å². The first-order chi connectivity index (χ1) is 10.3. The number of aliphatic hydroxyl groups is 1. The van der Waals surface area contributed by atoms with Crippen molar-refractivity contribution < 1.29 is 5.11 Å². The van der Waals surface area contributed by atoms with Crippen molar-refractivity contribution in [3.63, 3.8) is 0 Å². The molecule has 0 fully saturated rings. The molecule has 0 radical (unpaired) electrons. The molecule has 0 atom stereocenters. The quantitative estimate of drug-likeness (QED) is 0.882. The fourth-order valence-corrected chi connectivity index (χ4v) is 2.64. The number of benzene rings is 1. The topological polar surface area (TPSA) is 67.1 Å². The van der Waals surface area contributed by atoms with Gasteiger partial charge in [0.15, 0.2) is 5.82 Å². The summed E-state index contributed by atoms with van der Waals surface area (Å²) in [6, 6.07) is 6.15. The maximum atomic E-state index is 10.0. The Morgan fingerprint density at radius 2 is 1.86 bits per heavy atom. The fraction of sp³-hybridized carbons (Fsp3) is 0.562. The number of likely N-dealkylation sites (N-methyl/N-ethyl adjacent to an activating group) is 1. The molecule has 0 spiro atoms. The highest BCUT2D eigenvalue weighted by molar-refractivity contribution is 5.46. The van der Waals surface area contributed by atoms with Gasteiger partial charge in [0.2, 0.25) is 0 Å². The van der Waals surface area contributed by atoms with Crippen LogP contribution < -0.4 is 0 Å². The minimum Gasteiger partial charge on any atom is -0.389 e. The number of aromatic nitrogens is 4. The molecule has 0 bridgehead atoms. The number of tetrazole rings is 1. The van der Waals surface area contributed by atoms with E-state index in [1.165, 1.54) is 0 Å². The lowest BCUT2D eigenvalue weighted by Crippen LogP contribution is -2.38. The van der Waals surface area contributed by atoms with Gasteiger partial charge in [0.25, 0.3) is 0 Å². The lowest BCUT2D eigenvalue weighted by Gasteiger charge is -2.27. The molecule has 2 aromatic rings. The lowest BCUT2D eigenvalue weighted by molar-refractivity contribution is 0.0343. The first-order valence-corrected chi connectivity index (χ1v) is 7.60. The van der Waals surface area contributed by atoms with Crippen molar-refractivity contribution in [2.24, 2.45) is 0 Å². The van der Waals surface area contributed by atoms with Crippen LogP contribution in [0.1, 0.15) is 37.7 Å². The van der Waals surface area contributed by atoms with Crippen molar-refractivity contribution in [2.75, 3.05) is 13.1 Å². The van der Waals surface area contributed by atoms with Crippen LogP contribution in [0.2, 0.25) is 0 Å². The van der Waals surface area contributed by atoms with Crippen molar-refractivity contribution in [2.45, 2.75) is 46.8 Å². The molecule has 0 saturated heterocycles. The second-order valence-corrected chi connectivity index (χ2v) is 6.36. The molecule has 0 aliphatic heterocycles. The minimum atomic E-state index is -0.743. The third-order valence-electron chi connectivity index (χ3n) is 3.61. The predicted molar refractivity (Wildman–Crippen MR) is 85.9 cm³/mol. The summed E-state index contributed by atoms with van der Waals surface area (Å²) in [6.45, 7) is 11.8. The number of aryl methyl sites for hydroxylation is 2. The molecule has 22 heavy (non-hydrogen) atoms. The van der Waals surface area contributed by atoms with Gasteiger partial charge in [-0.3, -0.25) is 4.90 Å². The molecule has 6 nitrogen and oxygen atoms in total. The molecule has 1 heterocycles. The number of nitrogens with zero attached hydrogens (tertiary/aromatic N) is 5. The Bertz CT molecular complexity index is 609. The molecular formula is C16H25N5O. The standard InChI is InChI=1S/C16H25N5O/c1-6-20(11-16(4,5)22)10-14-17-18-19-21(14)15-12(2)8-7-9-13(15)3/h7-9,22H,6,10-11H2,1-5H3. The molecule has 0 unspecified atom stereocenters. The maximum absolute atomic E-state index is 10.0. The molecule has 0 aliphatic rings. The summed E-state index contributed by atoms with van der Waals surface area (Å²) in [6.07, 6.45) is 0. The van der Waals surface area contributed by atoms with Crippen molar-refractivity contribution in [1.82, 2.24) is 25.1 Å². The summed E-state index contributed by atoms with van der Waals surface area (Å²) in [5.74, 6) is 0.781. The number of hydrogen-bond donors (Lipinski definition) is 1. The fourth-order valence-electron chi connectivity index (χ4n) is 2.64. The van der Waals surface area contributed by atoms with Crippen LogP contribution in [0.15, 0.2) is 18.2 Å².